The van der Waals surface area contributed by atoms with E-state index in [0.29, 0.717) is 18.4 Å². The summed E-state index contributed by atoms with van der Waals surface area (Å²) >= 11 is 0. The largest absolute Gasteiger partial charge is 0.341 e. The van der Waals surface area contributed by atoms with Gasteiger partial charge in [0, 0.05) is 26.2 Å². The Morgan fingerprint density at radius 3 is 2.18 bits per heavy atom. The van der Waals surface area contributed by atoms with Crippen molar-refractivity contribution < 1.29 is 9.59 Å². The van der Waals surface area contributed by atoms with Crippen molar-refractivity contribution in [1.82, 2.24) is 20.0 Å². The number of carbonyl (C=O) groups is 2. The van der Waals surface area contributed by atoms with E-state index in [1.54, 1.807) is 0 Å². The standard InChI is InChI=1S/C28H52N4O2/c1-6-23-7-13-30(14-8-23)15-9-24-10-16-31(17-11-24)28(34)26(20-22(4)5)32-18-12-29-25(27(32)33)19-21(2)3/h21-26,29H,6-20H2,1-5H3/t25-,26?/m0/s1. The summed E-state index contributed by atoms with van der Waals surface area (Å²) in [5.41, 5.74) is 0. The van der Waals surface area contributed by atoms with Gasteiger partial charge in [0.05, 0.1) is 6.04 Å². The van der Waals surface area contributed by atoms with Gasteiger partial charge in [-0.1, -0.05) is 41.0 Å². The highest BCUT2D eigenvalue weighted by Gasteiger charge is 2.39. The molecule has 2 amide bonds. The molecule has 0 radical (unpaired) electrons. The number of carbonyl (C=O) groups excluding carboxylic acids is 2. The molecule has 0 spiro atoms. The lowest BCUT2D eigenvalue weighted by molar-refractivity contribution is -0.150. The minimum atomic E-state index is -0.305. The third-order valence-corrected chi connectivity index (χ3v) is 8.45. The molecule has 0 aromatic heterocycles. The van der Waals surface area contributed by atoms with Gasteiger partial charge in [0.1, 0.15) is 6.04 Å². The first-order chi connectivity index (χ1) is 16.3. The lowest BCUT2D eigenvalue weighted by Gasteiger charge is -2.42. The van der Waals surface area contributed by atoms with E-state index in [9.17, 15) is 9.59 Å². The summed E-state index contributed by atoms with van der Waals surface area (Å²) in [7, 11) is 0. The second-order valence-electron chi connectivity index (χ2n) is 12.1. The third kappa shape index (κ3) is 7.68. The highest BCUT2D eigenvalue weighted by molar-refractivity contribution is 5.90. The molecule has 196 valence electrons. The molecule has 0 saturated carbocycles. The molecule has 3 aliphatic rings. The van der Waals surface area contributed by atoms with Crippen LogP contribution in [-0.4, -0.2) is 84.4 Å². The van der Waals surface area contributed by atoms with Crippen LogP contribution in [0.5, 0.6) is 0 Å². The van der Waals surface area contributed by atoms with Crippen LogP contribution in [0, 0.1) is 23.7 Å². The van der Waals surface area contributed by atoms with E-state index in [1.165, 1.54) is 45.3 Å². The lowest BCUT2D eigenvalue weighted by Crippen LogP contribution is -2.62. The second kappa shape index (κ2) is 13.2. The van der Waals surface area contributed by atoms with E-state index < -0.39 is 0 Å². The molecule has 6 heteroatoms. The number of nitrogens with zero attached hydrogens (tertiary/aromatic N) is 3. The molecule has 3 heterocycles. The van der Waals surface area contributed by atoms with E-state index in [1.807, 2.05) is 4.90 Å². The minimum absolute atomic E-state index is 0.126. The van der Waals surface area contributed by atoms with E-state index >= 15 is 0 Å². The average Bonchev–Trinajstić information content (AvgIpc) is 2.82. The Kier molecular flexibility index (Phi) is 10.7. The lowest BCUT2D eigenvalue weighted by atomic mass is 9.90. The summed E-state index contributed by atoms with van der Waals surface area (Å²) in [6.45, 7) is 17.8. The summed E-state index contributed by atoms with van der Waals surface area (Å²) in [6.07, 6.45) is 9.13. The Hall–Kier alpha value is -1.14. The van der Waals surface area contributed by atoms with Crippen molar-refractivity contribution in [2.24, 2.45) is 23.7 Å². The molecular formula is C28H52N4O2. The number of amides is 2. The van der Waals surface area contributed by atoms with Gasteiger partial charge in [0.25, 0.3) is 0 Å². The maximum Gasteiger partial charge on any atom is 0.245 e. The molecule has 3 rings (SSSR count). The van der Waals surface area contributed by atoms with E-state index in [2.05, 4.69) is 49.7 Å². The highest BCUT2D eigenvalue weighted by atomic mass is 16.2. The van der Waals surface area contributed by atoms with Crippen LogP contribution in [-0.2, 0) is 9.59 Å². The molecule has 0 bridgehead atoms. The SMILES string of the molecule is CCC1CCN(CCC2CCN(C(=O)C(CC(C)C)N3CCN[C@@H](CC(C)C)C3=O)CC2)CC1. The number of piperidine rings is 2. The maximum atomic E-state index is 13.7. The van der Waals surface area contributed by atoms with Gasteiger partial charge >= 0.3 is 0 Å². The Bertz CT molecular complexity index is 636. The first kappa shape index (κ1) is 27.4. The molecule has 3 aliphatic heterocycles. The smallest absolute Gasteiger partial charge is 0.245 e. The molecule has 6 nitrogen and oxygen atoms in total. The fourth-order valence-electron chi connectivity index (χ4n) is 6.17. The normalized spacial score (nSPS) is 24.9. The molecule has 34 heavy (non-hydrogen) atoms. The first-order valence-electron chi connectivity index (χ1n) is 14.3. The summed E-state index contributed by atoms with van der Waals surface area (Å²) in [6, 6.07) is -0.454. The zero-order chi connectivity index (χ0) is 24.7. The summed E-state index contributed by atoms with van der Waals surface area (Å²) in [4.78, 5) is 33.6. The number of hydrogen-bond donors (Lipinski definition) is 1. The zero-order valence-corrected chi connectivity index (χ0v) is 22.7. The van der Waals surface area contributed by atoms with Crippen molar-refractivity contribution >= 4 is 11.8 Å². The molecule has 1 N–H and O–H groups in total. The monoisotopic (exact) mass is 476 g/mol. The topological polar surface area (TPSA) is 55.9 Å². The minimum Gasteiger partial charge on any atom is -0.341 e. The van der Waals surface area contributed by atoms with Gasteiger partial charge < -0.3 is 20.0 Å². The van der Waals surface area contributed by atoms with E-state index in [-0.39, 0.29) is 23.9 Å². The van der Waals surface area contributed by atoms with Crippen molar-refractivity contribution in [3.05, 3.63) is 0 Å². The summed E-state index contributed by atoms with van der Waals surface area (Å²) < 4.78 is 0. The second-order valence-corrected chi connectivity index (χ2v) is 12.1. The van der Waals surface area contributed by atoms with Crippen molar-refractivity contribution in [3.8, 4) is 0 Å². The number of nitrogens with one attached hydrogen (secondary N) is 1. The molecule has 3 fully saturated rings. The van der Waals surface area contributed by atoms with Crippen molar-refractivity contribution in [2.75, 3.05) is 45.8 Å². The molecule has 0 aromatic carbocycles. The van der Waals surface area contributed by atoms with Crippen molar-refractivity contribution in [1.29, 1.82) is 0 Å². The molecule has 2 atom stereocenters. The Labute approximate surface area is 209 Å². The highest BCUT2D eigenvalue weighted by Crippen LogP contribution is 2.26. The van der Waals surface area contributed by atoms with Crippen LogP contribution in [0.1, 0.15) is 86.0 Å². The Morgan fingerprint density at radius 2 is 1.59 bits per heavy atom. The van der Waals surface area contributed by atoms with Crippen LogP contribution in [0.2, 0.25) is 0 Å². The van der Waals surface area contributed by atoms with Gasteiger partial charge in [-0.3, -0.25) is 9.59 Å². The van der Waals surface area contributed by atoms with Crippen LogP contribution < -0.4 is 5.32 Å². The van der Waals surface area contributed by atoms with Gasteiger partial charge in [-0.15, -0.1) is 0 Å². The number of piperazine rings is 1. The Morgan fingerprint density at radius 1 is 0.941 bits per heavy atom. The predicted molar refractivity (Wildman–Crippen MR) is 140 cm³/mol. The zero-order valence-electron chi connectivity index (χ0n) is 22.7. The van der Waals surface area contributed by atoms with Crippen molar-refractivity contribution in [3.63, 3.8) is 0 Å². The average molecular weight is 477 g/mol. The third-order valence-electron chi connectivity index (χ3n) is 8.45. The van der Waals surface area contributed by atoms with Gasteiger partial charge in [0.15, 0.2) is 0 Å². The molecule has 0 aliphatic carbocycles. The van der Waals surface area contributed by atoms with Crippen LogP contribution in [0.25, 0.3) is 0 Å². The molecule has 1 unspecified atom stereocenters. The van der Waals surface area contributed by atoms with Crippen LogP contribution in [0.15, 0.2) is 0 Å². The Balaban J connectivity index is 1.51. The van der Waals surface area contributed by atoms with E-state index in [0.717, 1.165) is 57.2 Å². The molecule has 0 aromatic rings. The van der Waals surface area contributed by atoms with Gasteiger partial charge in [-0.2, -0.15) is 0 Å². The summed E-state index contributed by atoms with van der Waals surface area (Å²) in [5.74, 6) is 2.82. The predicted octanol–water partition coefficient (Wildman–Crippen LogP) is 4.00. The van der Waals surface area contributed by atoms with Crippen LogP contribution in [0.4, 0.5) is 0 Å². The van der Waals surface area contributed by atoms with Crippen LogP contribution in [0.3, 0.4) is 0 Å². The quantitative estimate of drug-likeness (QED) is 0.518. The van der Waals surface area contributed by atoms with Crippen LogP contribution >= 0.6 is 0 Å². The molecular weight excluding hydrogens is 424 g/mol. The first-order valence-corrected chi connectivity index (χ1v) is 14.3. The van der Waals surface area contributed by atoms with E-state index in [4.69, 9.17) is 0 Å². The number of rotatable bonds is 10. The fourth-order valence-corrected chi connectivity index (χ4v) is 6.17. The van der Waals surface area contributed by atoms with Crippen molar-refractivity contribution in [2.45, 2.75) is 98.1 Å². The molecule has 3 saturated heterocycles. The number of likely N-dealkylation sites (tertiary alicyclic amines) is 2. The maximum absolute atomic E-state index is 13.7. The summed E-state index contributed by atoms with van der Waals surface area (Å²) in [5, 5.41) is 3.39. The van der Waals surface area contributed by atoms with Gasteiger partial charge in [-0.25, -0.2) is 0 Å². The van der Waals surface area contributed by atoms with Gasteiger partial charge in [-0.05, 0) is 88.3 Å². The number of hydrogen-bond acceptors (Lipinski definition) is 4. The van der Waals surface area contributed by atoms with Gasteiger partial charge in [0.2, 0.25) is 11.8 Å². The fraction of sp³-hybridized carbons (Fsp3) is 0.929.